The van der Waals surface area contributed by atoms with Crippen molar-refractivity contribution in [1.29, 1.82) is 0 Å². The zero-order valence-corrected chi connectivity index (χ0v) is 10.0. The lowest BCUT2D eigenvalue weighted by Crippen LogP contribution is -2.23. The van der Waals surface area contributed by atoms with E-state index in [9.17, 15) is 4.79 Å². The third-order valence-electron chi connectivity index (χ3n) is 2.10. The van der Waals surface area contributed by atoms with Gasteiger partial charge in [0.15, 0.2) is 0 Å². The van der Waals surface area contributed by atoms with Crippen molar-refractivity contribution in [2.24, 2.45) is 0 Å². The lowest BCUT2D eigenvalue weighted by molar-refractivity contribution is -0.246. The van der Waals surface area contributed by atoms with Gasteiger partial charge in [-0.2, -0.15) is 0 Å². The monoisotopic (exact) mass is 236 g/mol. The van der Waals surface area contributed by atoms with Gasteiger partial charge in [-0.3, -0.25) is 0 Å². The molecule has 0 aromatic heterocycles. The molecule has 0 aliphatic heterocycles. The average Bonchev–Trinajstić information content (AvgIpc) is 2.38. The fraction of sp³-hybridized carbons (Fsp3) is 0.308. The molecule has 0 saturated heterocycles. The summed E-state index contributed by atoms with van der Waals surface area (Å²) in [7, 11) is 1.41. The molecule has 17 heavy (non-hydrogen) atoms. The highest BCUT2D eigenvalue weighted by Crippen LogP contribution is 2.13. The first-order valence-electron chi connectivity index (χ1n) is 5.29. The first-order chi connectivity index (χ1) is 8.22. The molecule has 0 fully saturated rings. The van der Waals surface area contributed by atoms with Crippen LogP contribution in [0.25, 0.3) is 6.08 Å². The predicted octanol–water partition coefficient (Wildman–Crippen LogP) is 2.45. The molecule has 0 aliphatic carbocycles. The van der Waals surface area contributed by atoms with Gasteiger partial charge >= 0.3 is 12.4 Å². The number of benzene rings is 1. The van der Waals surface area contributed by atoms with E-state index in [1.165, 1.54) is 7.11 Å². The van der Waals surface area contributed by atoms with Crippen LogP contribution in [0.4, 0.5) is 0 Å². The van der Waals surface area contributed by atoms with Gasteiger partial charge in [0.1, 0.15) is 0 Å². The molecule has 0 bridgehead atoms. The Morgan fingerprint density at radius 1 is 1.47 bits per heavy atom. The molecule has 0 spiro atoms. The Morgan fingerprint density at radius 3 is 2.76 bits per heavy atom. The Hall–Kier alpha value is -1.65. The third-order valence-corrected chi connectivity index (χ3v) is 2.10. The molecule has 1 aromatic carbocycles. The van der Waals surface area contributed by atoms with Crippen LogP contribution in [-0.2, 0) is 14.2 Å². The Balaban J connectivity index is 2.78. The van der Waals surface area contributed by atoms with Gasteiger partial charge in [0, 0.05) is 7.11 Å². The van der Waals surface area contributed by atoms with Gasteiger partial charge in [-0.15, -0.1) is 0 Å². The van der Waals surface area contributed by atoms with Gasteiger partial charge < -0.3 is 14.2 Å². The minimum Gasteiger partial charge on any atom is -0.407 e. The van der Waals surface area contributed by atoms with Gasteiger partial charge in [0.25, 0.3) is 0 Å². The molecule has 1 unspecified atom stereocenters. The minimum atomic E-state index is -0.981. The molecule has 0 radical (unpaired) electrons. The molecule has 1 aromatic rings. The molecule has 0 aliphatic rings. The maximum absolute atomic E-state index is 11.8. The lowest BCUT2D eigenvalue weighted by atomic mass is 10.1. The number of carbonyl (C=O) groups is 1. The fourth-order valence-corrected chi connectivity index (χ4v) is 1.30. The van der Waals surface area contributed by atoms with Crippen LogP contribution in [0, 0.1) is 0 Å². The van der Waals surface area contributed by atoms with Crippen LogP contribution in [0.3, 0.4) is 0 Å². The molecule has 4 nitrogen and oxygen atoms in total. The Morgan fingerprint density at radius 2 is 2.18 bits per heavy atom. The summed E-state index contributed by atoms with van der Waals surface area (Å²) >= 11 is 0. The number of carbonyl (C=O) groups excluding carboxylic acids is 1. The van der Waals surface area contributed by atoms with Crippen LogP contribution in [0.1, 0.15) is 22.8 Å². The van der Waals surface area contributed by atoms with Gasteiger partial charge in [-0.1, -0.05) is 30.9 Å². The highest BCUT2D eigenvalue weighted by Gasteiger charge is 2.16. The quantitative estimate of drug-likeness (QED) is 0.562. The van der Waals surface area contributed by atoms with Crippen LogP contribution >= 0.6 is 0 Å². The number of methoxy groups -OCH3 is 1. The number of rotatable bonds is 6. The summed E-state index contributed by atoms with van der Waals surface area (Å²) in [6, 6.07) is 7.03. The van der Waals surface area contributed by atoms with Crippen LogP contribution in [0.2, 0.25) is 0 Å². The normalized spacial score (nSPS) is 11.9. The van der Waals surface area contributed by atoms with E-state index in [2.05, 4.69) is 6.58 Å². The number of hydrogen-bond acceptors (Lipinski definition) is 4. The first kappa shape index (κ1) is 13.4. The van der Waals surface area contributed by atoms with Crippen molar-refractivity contribution in [3.63, 3.8) is 0 Å². The van der Waals surface area contributed by atoms with Gasteiger partial charge in [-0.25, -0.2) is 4.79 Å². The largest absolute Gasteiger partial charge is 0.407 e. The lowest BCUT2D eigenvalue weighted by Gasteiger charge is -2.15. The standard InChI is InChI=1S/C13H16O4/c1-4-10-8-6-7-9-11(10)12(14)17-13(15-3)16-5-2/h4,6-9,13H,1,5H2,2-3H3. The minimum absolute atomic E-state index is 0.398. The zero-order chi connectivity index (χ0) is 12.7. The van der Waals surface area contributed by atoms with Crippen molar-refractivity contribution >= 4 is 12.0 Å². The number of ether oxygens (including phenoxy) is 3. The Bertz CT molecular complexity index is 387. The van der Waals surface area contributed by atoms with E-state index in [1.807, 2.05) is 6.07 Å². The van der Waals surface area contributed by atoms with Crippen molar-refractivity contribution in [3.05, 3.63) is 42.0 Å². The van der Waals surface area contributed by atoms with E-state index in [-0.39, 0.29) is 0 Å². The predicted molar refractivity (Wildman–Crippen MR) is 64.4 cm³/mol. The zero-order valence-electron chi connectivity index (χ0n) is 10.0. The van der Waals surface area contributed by atoms with Crippen LogP contribution in [0.15, 0.2) is 30.8 Å². The van der Waals surface area contributed by atoms with Crippen LogP contribution in [-0.4, -0.2) is 26.2 Å². The van der Waals surface area contributed by atoms with Gasteiger partial charge in [0.2, 0.25) is 0 Å². The van der Waals surface area contributed by atoms with Crippen molar-refractivity contribution < 1.29 is 19.0 Å². The summed E-state index contributed by atoms with van der Waals surface area (Å²) in [5, 5.41) is 0. The van der Waals surface area contributed by atoms with Gasteiger partial charge in [-0.05, 0) is 18.6 Å². The molecule has 1 atom stereocenters. The number of hydrogen-bond donors (Lipinski definition) is 0. The SMILES string of the molecule is C=Cc1ccccc1C(=O)OC(OC)OCC. The smallest absolute Gasteiger partial charge is 0.342 e. The summed E-state index contributed by atoms with van der Waals surface area (Å²) in [6.07, 6.45) is 1.60. The molecule has 0 N–H and O–H groups in total. The van der Waals surface area contributed by atoms with Crippen molar-refractivity contribution in [2.75, 3.05) is 13.7 Å². The molecular weight excluding hydrogens is 220 g/mol. The second-order valence-electron chi connectivity index (χ2n) is 3.18. The van der Waals surface area contributed by atoms with Crippen molar-refractivity contribution in [1.82, 2.24) is 0 Å². The van der Waals surface area contributed by atoms with E-state index in [0.29, 0.717) is 17.7 Å². The number of esters is 1. The molecular formula is C13H16O4. The van der Waals surface area contributed by atoms with Crippen molar-refractivity contribution in [3.8, 4) is 0 Å². The summed E-state index contributed by atoms with van der Waals surface area (Å²) in [4.78, 5) is 11.8. The third kappa shape index (κ3) is 3.69. The highest BCUT2D eigenvalue weighted by atomic mass is 16.8. The topological polar surface area (TPSA) is 44.8 Å². The molecule has 1 rings (SSSR count). The average molecular weight is 236 g/mol. The highest BCUT2D eigenvalue weighted by molar-refractivity contribution is 5.93. The van der Waals surface area contributed by atoms with E-state index >= 15 is 0 Å². The fourth-order valence-electron chi connectivity index (χ4n) is 1.30. The molecule has 92 valence electrons. The summed E-state index contributed by atoms with van der Waals surface area (Å²) < 4.78 is 15.0. The Labute approximate surface area is 101 Å². The molecule has 0 amide bonds. The summed E-state index contributed by atoms with van der Waals surface area (Å²) in [5.74, 6) is -0.499. The molecule has 0 heterocycles. The second kappa shape index (κ2) is 6.83. The maximum atomic E-state index is 11.8. The van der Waals surface area contributed by atoms with E-state index < -0.39 is 12.4 Å². The summed E-state index contributed by atoms with van der Waals surface area (Å²) in [5.41, 5.74) is 1.15. The molecule has 4 heteroatoms. The van der Waals surface area contributed by atoms with E-state index in [0.717, 1.165) is 0 Å². The maximum Gasteiger partial charge on any atom is 0.342 e. The van der Waals surface area contributed by atoms with Crippen LogP contribution in [0.5, 0.6) is 0 Å². The molecule has 0 saturated carbocycles. The Kier molecular flexibility index (Phi) is 5.39. The van der Waals surface area contributed by atoms with E-state index in [4.69, 9.17) is 14.2 Å². The summed E-state index contributed by atoms with van der Waals surface area (Å²) in [6.45, 7) is 4.85. The van der Waals surface area contributed by atoms with Crippen molar-refractivity contribution in [2.45, 2.75) is 13.4 Å². The first-order valence-corrected chi connectivity index (χ1v) is 5.29. The van der Waals surface area contributed by atoms with Gasteiger partial charge in [0.05, 0.1) is 12.2 Å². The second-order valence-corrected chi connectivity index (χ2v) is 3.18. The van der Waals surface area contributed by atoms with Crippen LogP contribution < -0.4 is 0 Å². The van der Waals surface area contributed by atoms with E-state index in [1.54, 1.807) is 31.2 Å².